The molecule has 0 spiro atoms. The van der Waals surface area contributed by atoms with E-state index in [-0.39, 0.29) is 5.82 Å². The van der Waals surface area contributed by atoms with Crippen LogP contribution in [0.1, 0.15) is 31.7 Å². The smallest absolute Gasteiger partial charge is 0.127 e. The zero-order chi connectivity index (χ0) is 11.3. The summed E-state index contributed by atoms with van der Waals surface area (Å²) in [6.45, 7) is 2.16. The van der Waals surface area contributed by atoms with Gasteiger partial charge in [0.15, 0.2) is 0 Å². The molecule has 0 aliphatic carbocycles. The minimum Gasteiger partial charge on any atom is -0.207 e. The third kappa shape index (κ3) is 4.64. The van der Waals surface area contributed by atoms with Crippen LogP contribution < -0.4 is 0 Å². The predicted octanol–water partition coefficient (Wildman–Crippen LogP) is 5.08. The Balaban J connectivity index is 2.50. The molecule has 1 aromatic carbocycles. The van der Waals surface area contributed by atoms with E-state index < -0.39 is 0 Å². The highest BCUT2D eigenvalue weighted by Gasteiger charge is 2.06. The summed E-state index contributed by atoms with van der Waals surface area (Å²) in [6.07, 6.45) is 4.11. The van der Waals surface area contributed by atoms with Crippen LogP contribution >= 0.6 is 31.9 Å². The number of hydrogen-bond donors (Lipinski definition) is 0. The zero-order valence-corrected chi connectivity index (χ0v) is 11.9. The van der Waals surface area contributed by atoms with Crippen molar-refractivity contribution in [3.8, 4) is 0 Å². The summed E-state index contributed by atoms with van der Waals surface area (Å²) in [6, 6.07) is 5.27. The van der Waals surface area contributed by atoms with Crippen molar-refractivity contribution in [2.75, 3.05) is 0 Å². The lowest BCUT2D eigenvalue weighted by molar-refractivity contribution is 0.597. The van der Waals surface area contributed by atoms with Gasteiger partial charge in [0.05, 0.1) is 0 Å². The summed E-state index contributed by atoms with van der Waals surface area (Å²) >= 11 is 6.85. The fourth-order valence-electron chi connectivity index (χ4n) is 1.49. The van der Waals surface area contributed by atoms with E-state index in [1.54, 1.807) is 0 Å². The molecule has 1 unspecified atom stereocenters. The maximum atomic E-state index is 13.4. The molecule has 0 aliphatic heterocycles. The number of rotatable bonds is 5. The van der Waals surface area contributed by atoms with E-state index in [9.17, 15) is 4.39 Å². The molecule has 0 aromatic heterocycles. The van der Waals surface area contributed by atoms with Gasteiger partial charge in [-0.3, -0.25) is 0 Å². The Kier molecular flexibility index (Phi) is 5.83. The first kappa shape index (κ1) is 13.2. The topological polar surface area (TPSA) is 0 Å². The molecule has 0 amide bonds. The van der Waals surface area contributed by atoms with Gasteiger partial charge in [-0.25, -0.2) is 4.39 Å². The van der Waals surface area contributed by atoms with Crippen LogP contribution in [0.2, 0.25) is 0 Å². The first-order valence-corrected chi connectivity index (χ1v) is 6.92. The van der Waals surface area contributed by atoms with Crippen molar-refractivity contribution < 1.29 is 4.39 Å². The minimum atomic E-state index is -0.111. The van der Waals surface area contributed by atoms with Gasteiger partial charge < -0.3 is 0 Å². The van der Waals surface area contributed by atoms with E-state index in [0.717, 1.165) is 29.3 Å². The first-order valence-electron chi connectivity index (χ1n) is 5.21. The van der Waals surface area contributed by atoms with Gasteiger partial charge in [0.1, 0.15) is 5.82 Å². The lowest BCUT2D eigenvalue weighted by atomic mass is 10.1. The van der Waals surface area contributed by atoms with Crippen molar-refractivity contribution in [2.45, 2.75) is 37.4 Å². The quantitative estimate of drug-likeness (QED) is 0.657. The highest BCUT2D eigenvalue weighted by atomic mass is 79.9. The molecule has 1 atom stereocenters. The van der Waals surface area contributed by atoms with Gasteiger partial charge in [-0.05, 0) is 37.0 Å². The number of aryl methyl sites for hydroxylation is 1. The van der Waals surface area contributed by atoms with Crippen LogP contribution in [0, 0.1) is 5.82 Å². The molecule has 0 fully saturated rings. The maximum Gasteiger partial charge on any atom is 0.127 e. The van der Waals surface area contributed by atoms with Crippen molar-refractivity contribution in [1.82, 2.24) is 0 Å². The molecule has 0 nitrogen and oxygen atoms in total. The average Bonchev–Trinajstić information content (AvgIpc) is 2.17. The summed E-state index contributed by atoms with van der Waals surface area (Å²) in [5.41, 5.74) is 0.804. The molecule has 0 heterocycles. The Hall–Kier alpha value is 0.110. The van der Waals surface area contributed by atoms with E-state index in [0.29, 0.717) is 4.83 Å². The van der Waals surface area contributed by atoms with Crippen molar-refractivity contribution in [2.24, 2.45) is 0 Å². The summed E-state index contributed by atoms with van der Waals surface area (Å²) in [5, 5.41) is 0. The van der Waals surface area contributed by atoms with Crippen molar-refractivity contribution in [1.29, 1.82) is 0 Å². The number of benzene rings is 1. The molecule has 0 N–H and O–H groups in total. The molecule has 15 heavy (non-hydrogen) atoms. The average molecular weight is 338 g/mol. The van der Waals surface area contributed by atoms with Crippen LogP contribution in [0.5, 0.6) is 0 Å². The van der Waals surface area contributed by atoms with Gasteiger partial charge in [0, 0.05) is 9.30 Å². The highest BCUT2D eigenvalue weighted by molar-refractivity contribution is 9.10. The van der Waals surface area contributed by atoms with Crippen molar-refractivity contribution in [3.63, 3.8) is 0 Å². The van der Waals surface area contributed by atoms with E-state index in [4.69, 9.17) is 0 Å². The summed E-state index contributed by atoms with van der Waals surface area (Å²) in [4.78, 5) is 0.505. The van der Waals surface area contributed by atoms with Crippen LogP contribution in [0.3, 0.4) is 0 Å². The second-order valence-corrected chi connectivity index (χ2v) is 5.87. The zero-order valence-electron chi connectivity index (χ0n) is 8.77. The lowest BCUT2D eigenvalue weighted by Gasteiger charge is -2.08. The summed E-state index contributed by atoms with van der Waals surface area (Å²) < 4.78 is 14.2. The largest absolute Gasteiger partial charge is 0.207 e. The summed E-state index contributed by atoms with van der Waals surface area (Å²) in [5.74, 6) is -0.111. The normalized spacial score (nSPS) is 12.8. The van der Waals surface area contributed by atoms with E-state index in [1.807, 2.05) is 12.1 Å². The standard InChI is InChI=1S/C12H15Br2F/c1-2-3-10(13)6-4-9-5-7-11(14)8-12(9)15/h5,7-8,10H,2-4,6H2,1H3. The Morgan fingerprint density at radius 2 is 2.07 bits per heavy atom. The fourth-order valence-corrected chi connectivity index (χ4v) is 2.51. The molecular formula is C12H15Br2F. The maximum absolute atomic E-state index is 13.4. The lowest BCUT2D eigenvalue weighted by Crippen LogP contribution is -2.00. The molecule has 0 saturated heterocycles. The van der Waals surface area contributed by atoms with Crippen molar-refractivity contribution >= 4 is 31.9 Å². The summed E-state index contributed by atoms with van der Waals surface area (Å²) in [7, 11) is 0. The van der Waals surface area contributed by atoms with Crippen LogP contribution in [0.4, 0.5) is 4.39 Å². The van der Waals surface area contributed by atoms with Gasteiger partial charge in [-0.1, -0.05) is 51.3 Å². The highest BCUT2D eigenvalue weighted by Crippen LogP contribution is 2.20. The third-order valence-corrected chi connectivity index (χ3v) is 3.75. The van der Waals surface area contributed by atoms with Crippen LogP contribution in [0.25, 0.3) is 0 Å². The monoisotopic (exact) mass is 336 g/mol. The van der Waals surface area contributed by atoms with Crippen molar-refractivity contribution in [3.05, 3.63) is 34.1 Å². The number of alkyl halides is 1. The third-order valence-electron chi connectivity index (χ3n) is 2.34. The molecule has 0 radical (unpaired) electrons. The molecule has 84 valence electrons. The minimum absolute atomic E-state index is 0.111. The Bertz CT molecular complexity index is 312. The molecule has 1 rings (SSSR count). The molecule has 0 bridgehead atoms. The molecule has 0 aliphatic rings. The second-order valence-electron chi connectivity index (χ2n) is 3.66. The molecular weight excluding hydrogens is 323 g/mol. The van der Waals surface area contributed by atoms with Gasteiger partial charge in [0.2, 0.25) is 0 Å². The van der Waals surface area contributed by atoms with Crippen LogP contribution in [0.15, 0.2) is 22.7 Å². The Morgan fingerprint density at radius 3 is 2.67 bits per heavy atom. The van der Waals surface area contributed by atoms with E-state index in [1.165, 1.54) is 12.5 Å². The van der Waals surface area contributed by atoms with E-state index >= 15 is 0 Å². The van der Waals surface area contributed by atoms with Gasteiger partial charge in [-0.2, -0.15) is 0 Å². The number of hydrogen-bond acceptors (Lipinski definition) is 0. The van der Waals surface area contributed by atoms with Crippen LogP contribution in [-0.4, -0.2) is 4.83 Å². The molecule has 1 aromatic rings. The van der Waals surface area contributed by atoms with Gasteiger partial charge >= 0.3 is 0 Å². The Morgan fingerprint density at radius 1 is 1.33 bits per heavy atom. The van der Waals surface area contributed by atoms with Gasteiger partial charge in [-0.15, -0.1) is 0 Å². The SMILES string of the molecule is CCCC(Br)CCc1ccc(Br)cc1F. The number of halogens is 3. The first-order chi connectivity index (χ1) is 7.13. The molecule has 0 saturated carbocycles. The van der Waals surface area contributed by atoms with E-state index in [2.05, 4.69) is 38.8 Å². The Labute approximate surface area is 108 Å². The predicted molar refractivity (Wildman–Crippen MR) is 70.0 cm³/mol. The van der Waals surface area contributed by atoms with Gasteiger partial charge in [0.25, 0.3) is 0 Å². The van der Waals surface area contributed by atoms with Crippen LogP contribution in [-0.2, 0) is 6.42 Å². The molecule has 3 heteroatoms. The fraction of sp³-hybridized carbons (Fsp3) is 0.500. The second kappa shape index (κ2) is 6.64.